The molecule has 2 N–H and O–H groups in total. The van der Waals surface area contributed by atoms with Crippen LogP contribution < -0.4 is 5.73 Å². The van der Waals surface area contributed by atoms with Gasteiger partial charge in [0.15, 0.2) is 0 Å². The highest BCUT2D eigenvalue weighted by Crippen LogP contribution is 2.29. The Balaban J connectivity index is 2.07. The minimum Gasteiger partial charge on any atom is -0.396 e. The molecule has 0 spiro atoms. The summed E-state index contributed by atoms with van der Waals surface area (Å²) in [6.07, 6.45) is 7.46. The molecular weight excluding hydrogens is 252 g/mol. The minimum atomic E-state index is 0.00167. The van der Waals surface area contributed by atoms with Crippen molar-refractivity contribution in [2.75, 3.05) is 12.8 Å². The summed E-state index contributed by atoms with van der Waals surface area (Å²) in [6.45, 7) is 4.88. The lowest BCUT2D eigenvalue weighted by atomic mass is 9.84. The average molecular weight is 278 g/mol. The molecule has 20 heavy (non-hydrogen) atoms. The van der Waals surface area contributed by atoms with Crippen LogP contribution in [0.2, 0.25) is 0 Å². The van der Waals surface area contributed by atoms with Crippen molar-refractivity contribution in [3.63, 3.8) is 0 Å². The van der Waals surface area contributed by atoms with Crippen LogP contribution in [0, 0.1) is 5.92 Å². The van der Waals surface area contributed by atoms with Crippen LogP contribution in [0.5, 0.6) is 0 Å². The van der Waals surface area contributed by atoms with Gasteiger partial charge in [-0.2, -0.15) is 5.10 Å². The summed E-state index contributed by atoms with van der Waals surface area (Å²) in [5, 5.41) is 4.15. The molecular formula is C15H26N4O. The van der Waals surface area contributed by atoms with Gasteiger partial charge in [0, 0.05) is 19.6 Å². The molecule has 0 aliphatic heterocycles. The first-order chi connectivity index (χ1) is 9.58. The molecule has 0 radical (unpaired) electrons. The monoisotopic (exact) mass is 278 g/mol. The maximum absolute atomic E-state index is 12.6. The molecule has 5 heteroatoms. The van der Waals surface area contributed by atoms with E-state index < -0.39 is 0 Å². The normalized spacial score (nSPS) is 22.8. The Morgan fingerprint density at radius 2 is 2.05 bits per heavy atom. The van der Waals surface area contributed by atoms with Gasteiger partial charge in [-0.1, -0.05) is 13.3 Å². The lowest BCUT2D eigenvalue weighted by Crippen LogP contribution is -2.40. The standard InChI is InChI=1S/C15H26N4O/c1-4-11-6-8-12(9-7-11)18(3)15(20)14-13(16)10-17-19(14)5-2/h10-12H,4-9,16H2,1-3H3. The molecule has 1 aliphatic rings. The number of nitrogens with two attached hydrogens (primary N) is 1. The lowest BCUT2D eigenvalue weighted by molar-refractivity contribution is 0.0663. The van der Waals surface area contributed by atoms with Gasteiger partial charge in [-0.3, -0.25) is 9.48 Å². The number of aryl methyl sites for hydroxylation is 1. The van der Waals surface area contributed by atoms with Crippen molar-refractivity contribution in [1.82, 2.24) is 14.7 Å². The van der Waals surface area contributed by atoms with E-state index in [2.05, 4.69) is 12.0 Å². The zero-order chi connectivity index (χ0) is 14.7. The van der Waals surface area contributed by atoms with E-state index in [0.29, 0.717) is 24.0 Å². The number of aromatic nitrogens is 2. The predicted molar refractivity (Wildman–Crippen MR) is 80.4 cm³/mol. The van der Waals surface area contributed by atoms with Crippen molar-refractivity contribution >= 4 is 11.6 Å². The van der Waals surface area contributed by atoms with Crippen molar-refractivity contribution in [1.29, 1.82) is 0 Å². The molecule has 0 atom stereocenters. The minimum absolute atomic E-state index is 0.00167. The second kappa shape index (κ2) is 6.29. The molecule has 1 fully saturated rings. The smallest absolute Gasteiger partial charge is 0.274 e. The Bertz CT molecular complexity index is 460. The highest BCUT2D eigenvalue weighted by molar-refractivity contribution is 5.97. The molecule has 1 saturated carbocycles. The van der Waals surface area contributed by atoms with E-state index >= 15 is 0 Å². The van der Waals surface area contributed by atoms with Gasteiger partial charge in [0.2, 0.25) is 0 Å². The molecule has 1 aromatic rings. The number of carbonyl (C=O) groups is 1. The van der Waals surface area contributed by atoms with Gasteiger partial charge in [0.25, 0.3) is 5.91 Å². The predicted octanol–water partition coefficient (Wildman–Crippen LogP) is 2.53. The molecule has 0 bridgehead atoms. The number of amides is 1. The summed E-state index contributed by atoms with van der Waals surface area (Å²) in [5.74, 6) is 0.836. The van der Waals surface area contributed by atoms with Crippen LogP contribution in [0.15, 0.2) is 6.20 Å². The third kappa shape index (κ3) is 2.81. The van der Waals surface area contributed by atoms with Gasteiger partial charge in [-0.15, -0.1) is 0 Å². The summed E-state index contributed by atoms with van der Waals surface area (Å²) in [7, 11) is 1.89. The maximum Gasteiger partial charge on any atom is 0.274 e. The zero-order valence-electron chi connectivity index (χ0n) is 12.8. The second-order valence-corrected chi connectivity index (χ2v) is 5.76. The van der Waals surface area contributed by atoms with Crippen LogP contribution in [0.1, 0.15) is 56.4 Å². The summed E-state index contributed by atoms with van der Waals surface area (Å²) in [4.78, 5) is 14.5. The largest absolute Gasteiger partial charge is 0.396 e. The van der Waals surface area contributed by atoms with Crippen LogP contribution in [0.25, 0.3) is 0 Å². The Morgan fingerprint density at radius 3 is 2.60 bits per heavy atom. The number of nitrogens with zero attached hydrogens (tertiary/aromatic N) is 3. The third-order valence-corrected chi connectivity index (χ3v) is 4.63. The summed E-state index contributed by atoms with van der Waals surface area (Å²) >= 11 is 0. The van der Waals surface area contributed by atoms with E-state index in [4.69, 9.17) is 5.73 Å². The topological polar surface area (TPSA) is 64.2 Å². The number of anilines is 1. The molecule has 0 aromatic carbocycles. The van der Waals surface area contributed by atoms with Gasteiger partial charge in [-0.25, -0.2) is 0 Å². The lowest BCUT2D eigenvalue weighted by Gasteiger charge is -2.34. The van der Waals surface area contributed by atoms with E-state index in [1.165, 1.54) is 19.3 Å². The molecule has 1 aromatic heterocycles. The fraction of sp³-hybridized carbons (Fsp3) is 0.733. The van der Waals surface area contributed by atoms with Gasteiger partial charge in [-0.05, 0) is 38.5 Å². The number of hydrogen-bond donors (Lipinski definition) is 1. The number of nitrogen functional groups attached to an aromatic ring is 1. The molecule has 1 aliphatic carbocycles. The van der Waals surface area contributed by atoms with Crippen molar-refractivity contribution in [2.24, 2.45) is 5.92 Å². The van der Waals surface area contributed by atoms with Crippen molar-refractivity contribution < 1.29 is 4.79 Å². The molecule has 2 rings (SSSR count). The Hall–Kier alpha value is -1.52. The molecule has 5 nitrogen and oxygen atoms in total. The highest BCUT2D eigenvalue weighted by atomic mass is 16.2. The van der Waals surface area contributed by atoms with Gasteiger partial charge < -0.3 is 10.6 Å². The average Bonchev–Trinajstić information content (AvgIpc) is 2.86. The fourth-order valence-electron chi connectivity index (χ4n) is 3.15. The Labute approximate surface area is 121 Å². The molecule has 1 amide bonds. The van der Waals surface area contributed by atoms with Gasteiger partial charge >= 0.3 is 0 Å². The van der Waals surface area contributed by atoms with E-state index in [1.807, 2.05) is 18.9 Å². The molecule has 1 heterocycles. The number of rotatable bonds is 4. The van der Waals surface area contributed by atoms with Crippen LogP contribution in [0.4, 0.5) is 5.69 Å². The highest BCUT2D eigenvalue weighted by Gasteiger charge is 2.28. The van der Waals surface area contributed by atoms with Crippen LogP contribution in [-0.4, -0.2) is 33.7 Å². The molecule has 0 unspecified atom stereocenters. The van der Waals surface area contributed by atoms with Gasteiger partial charge in [0.05, 0.1) is 11.9 Å². The second-order valence-electron chi connectivity index (χ2n) is 5.76. The Morgan fingerprint density at radius 1 is 1.40 bits per heavy atom. The molecule has 112 valence electrons. The van der Waals surface area contributed by atoms with Crippen LogP contribution in [-0.2, 0) is 6.54 Å². The summed E-state index contributed by atoms with van der Waals surface area (Å²) in [6, 6.07) is 0.338. The van der Waals surface area contributed by atoms with E-state index in [-0.39, 0.29) is 5.91 Å². The maximum atomic E-state index is 12.6. The van der Waals surface area contributed by atoms with Crippen molar-refractivity contribution in [2.45, 2.75) is 58.5 Å². The quantitative estimate of drug-likeness (QED) is 0.920. The number of hydrogen-bond acceptors (Lipinski definition) is 3. The fourth-order valence-corrected chi connectivity index (χ4v) is 3.15. The number of carbonyl (C=O) groups excluding carboxylic acids is 1. The zero-order valence-corrected chi connectivity index (χ0v) is 12.8. The van der Waals surface area contributed by atoms with Crippen LogP contribution in [0.3, 0.4) is 0 Å². The Kier molecular flexibility index (Phi) is 4.68. The van der Waals surface area contributed by atoms with E-state index in [1.54, 1.807) is 10.9 Å². The van der Waals surface area contributed by atoms with Crippen molar-refractivity contribution in [3.8, 4) is 0 Å². The first-order valence-corrected chi connectivity index (χ1v) is 7.66. The molecule has 0 saturated heterocycles. The summed E-state index contributed by atoms with van der Waals surface area (Å²) < 4.78 is 1.69. The first kappa shape index (κ1) is 14.9. The SMILES string of the molecule is CCC1CCC(N(C)C(=O)c2c(N)cnn2CC)CC1. The van der Waals surface area contributed by atoms with Crippen molar-refractivity contribution in [3.05, 3.63) is 11.9 Å². The van der Waals surface area contributed by atoms with Gasteiger partial charge in [0.1, 0.15) is 5.69 Å². The first-order valence-electron chi connectivity index (χ1n) is 7.66. The summed E-state index contributed by atoms with van der Waals surface area (Å²) in [5.41, 5.74) is 6.91. The van der Waals surface area contributed by atoms with Crippen LogP contribution >= 0.6 is 0 Å². The van der Waals surface area contributed by atoms with E-state index in [0.717, 1.165) is 18.8 Å². The van der Waals surface area contributed by atoms with E-state index in [9.17, 15) is 4.79 Å². The third-order valence-electron chi connectivity index (χ3n) is 4.63.